The maximum atomic E-state index is 13.2. The minimum atomic E-state index is -0.587. The topological polar surface area (TPSA) is 47.6 Å². The van der Waals surface area contributed by atoms with Crippen LogP contribution in [-0.4, -0.2) is 32.8 Å². The van der Waals surface area contributed by atoms with E-state index in [1.807, 2.05) is 0 Å². The molecule has 5 heteroatoms. The van der Waals surface area contributed by atoms with Gasteiger partial charge in [0.2, 0.25) is 0 Å². The second-order valence-electron chi connectivity index (χ2n) is 4.66. The van der Waals surface area contributed by atoms with Gasteiger partial charge in [0, 0.05) is 12.5 Å². The summed E-state index contributed by atoms with van der Waals surface area (Å²) in [6.07, 6.45) is 2.23. The Kier molecular flexibility index (Phi) is 4.74. The van der Waals surface area contributed by atoms with Gasteiger partial charge in [-0.25, -0.2) is 9.18 Å². The highest BCUT2D eigenvalue weighted by Crippen LogP contribution is 2.22. The molecule has 0 aromatic heterocycles. The van der Waals surface area contributed by atoms with Gasteiger partial charge in [-0.2, -0.15) is 0 Å². The lowest BCUT2D eigenvalue weighted by molar-refractivity contribution is 0.0594. The Labute approximate surface area is 111 Å². The fourth-order valence-corrected chi connectivity index (χ4v) is 2.17. The van der Waals surface area contributed by atoms with Gasteiger partial charge in [0.05, 0.1) is 13.7 Å². The number of esters is 1. The Bertz CT molecular complexity index is 444. The average Bonchev–Trinajstić information content (AvgIpc) is 2.46. The van der Waals surface area contributed by atoms with Gasteiger partial charge in [0.15, 0.2) is 0 Å². The molecule has 19 heavy (non-hydrogen) atoms. The van der Waals surface area contributed by atoms with E-state index in [9.17, 15) is 9.18 Å². The van der Waals surface area contributed by atoms with Crippen LogP contribution in [0.5, 0.6) is 5.75 Å². The van der Waals surface area contributed by atoms with Crippen LogP contribution in [0.25, 0.3) is 0 Å². The molecule has 1 aromatic rings. The molecule has 0 amide bonds. The molecule has 2 rings (SSSR count). The van der Waals surface area contributed by atoms with Crippen molar-refractivity contribution in [2.45, 2.75) is 12.8 Å². The summed E-state index contributed by atoms with van der Waals surface area (Å²) in [5.74, 6) is -0.272. The van der Waals surface area contributed by atoms with Crippen LogP contribution in [0.1, 0.15) is 23.2 Å². The lowest BCUT2D eigenvalue weighted by Crippen LogP contribution is -2.33. The van der Waals surface area contributed by atoms with E-state index in [0.29, 0.717) is 18.3 Å². The number of rotatable bonds is 4. The first-order chi connectivity index (χ1) is 9.20. The largest absolute Gasteiger partial charge is 0.492 e. The van der Waals surface area contributed by atoms with E-state index in [1.165, 1.54) is 19.2 Å². The molecule has 0 bridgehead atoms. The maximum Gasteiger partial charge on any atom is 0.341 e. The van der Waals surface area contributed by atoms with Crippen LogP contribution in [0.2, 0.25) is 0 Å². The first-order valence-electron chi connectivity index (χ1n) is 6.42. The van der Waals surface area contributed by atoms with E-state index in [0.717, 1.165) is 32.0 Å². The van der Waals surface area contributed by atoms with Crippen LogP contribution in [0.4, 0.5) is 4.39 Å². The Morgan fingerprint density at radius 3 is 3.05 bits per heavy atom. The number of methoxy groups -OCH3 is 1. The molecule has 1 N–H and O–H groups in total. The van der Waals surface area contributed by atoms with Crippen molar-refractivity contribution >= 4 is 5.97 Å². The van der Waals surface area contributed by atoms with Gasteiger partial charge >= 0.3 is 5.97 Å². The van der Waals surface area contributed by atoms with E-state index < -0.39 is 11.8 Å². The predicted molar refractivity (Wildman–Crippen MR) is 68.8 cm³/mol. The van der Waals surface area contributed by atoms with Crippen molar-refractivity contribution in [3.63, 3.8) is 0 Å². The van der Waals surface area contributed by atoms with E-state index in [2.05, 4.69) is 10.1 Å². The number of hydrogen-bond donors (Lipinski definition) is 1. The zero-order valence-corrected chi connectivity index (χ0v) is 10.9. The SMILES string of the molecule is COC(=O)c1cc(F)ccc1OC[C@H]1CCCNC1. The number of carbonyl (C=O) groups excluding carboxylic acids is 1. The highest BCUT2D eigenvalue weighted by atomic mass is 19.1. The normalized spacial score (nSPS) is 18.9. The van der Waals surface area contributed by atoms with Crippen LogP contribution < -0.4 is 10.1 Å². The van der Waals surface area contributed by atoms with Crippen LogP contribution in [0, 0.1) is 11.7 Å². The molecule has 0 unspecified atom stereocenters. The first-order valence-corrected chi connectivity index (χ1v) is 6.42. The summed E-state index contributed by atoms with van der Waals surface area (Å²) in [6.45, 7) is 2.47. The van der Waals surface area contributed by atoms with E-state index in [-0.39, 0.29) is 5.56 Å². The van der Waals surface area contributed by atoms with E-state index in [4.69, 9.17) is 4.74 Å². The highest BCUT2D eigenvalue weighted by molar-refractivity contribution is 5.92. The molecule has 1 aromatic carbocycles. The molecule has 1 fully saturated rings. The van der Waals surface area contributed by atoms with Gasteiger partial charge in [-0.15, -0.1) is 0 Å². The molecular formula is C14H18FNO3. The third-order valence-electron chi connectivity index (χ3n) is 3.22. The monoisotopic (exact) mass is 267 g/mol. The number of halogens is 1. The summed E-state index contributed by atoms with van der Waals surface area (Å²) >= 11 is 0. The second kappa shape index (κ2) is 6.52. The molecular weight excluding hydrogens is 249 g/mol. The van der Waals surface area contributed by atoms with Gasteiger partial charge in [-0.05, 0) is 37.6 Å². The predicted octanol–water partition coefficient (Wildman–Crippen LogP) is 1.99. The third-order valence-corrected chi connectivity index (χ3v) is 3.22. The molecule has 1 saturated heterocycles. The first kappa shape index (κ1) is 13.8. The maximum absolute atomic E-state index is 13.2. The summed E-state index contributed by atoms with van der Waals surface area (Å²) in [7, 11) is 1.27. The zero-order chi connectivity index (χ0) is 13.7. The quantitative estimate of drug-likeness (QED) is 0.848. The van der Waals surface area contributed by atoms with Gasteiger partial charge in [-0.3, -0.25) is 0 Å². The Hall–Kier alpha value is -1.62. The fourth-order valence-electron chi connectivity index (χ4n) is 2.17. The molecule has 0 spiro atoms. The highest BCUT2D eigenvalue weighted by Gasteiger charge is 2.17. The van der Waals surface area contributed by atoms with Crippen molar-refractivity contribution in [1.29, 1.82) is 0 Å². The summed E-state index contributed by atoms with van der Waals surface area (Å²) in [6, 6.07) is 3.89. The molecule has 0 aliphatic carbocycles. The summed E-state index contributed by atoms with van der Waals surface area (Å²) in [5, 5.41) is 3.30. The lowest BCUT2D eigenvalue weighted by atomic mass is 10.0. The van der Waals surface area contributed by atoms with Crippen molar-refractivity contribution in [3.8, 4) is 5.75 Å². The molecule has 0 saturated carbocycles. The van der Waals surface area contributed by atoms with Gasteiger partial charge in [0.1, 0.15) is 17.1 Å². The molecule has 1 aliphatic rings. The van der Waals surface area contributed by atoms with Crippen molar-refractivity contribution in [1.82, 2.24) is 5.32 Å². The Balaban J connectivity index is 2.04. The van der Waals surface area contributed by atoms with Crippen LogP contribution in [0.15, 0.2) is 18.2 Å². The molecule has 104 valence electrons. The second-order valence-corrected chi connectivity index (χ2v) is 4.66. The smallest absolute Gasteiger partial charge is 0.341 e. The van der Waals surface area contributed by atoms with Gasteiger partial charge in [-0.1, -0.05) is 0 Å². The van der Waals surface area contributed by atoms with Crippen molar-refractivity contribution in [2.75, 3.05) is 26.8 Å². The van der Waals surface area contributed by atoms with E-state index >= 15 is 0 Å². The average molecular weight is 267 g/mol. The number of benzene rings is 1. The number of nitrogens with one attached hydrogen (secondary N) is 1. The molecule has 4 nitrogen and oxygen atoms in total. The van der Waals surface area contributed by atoms with E-state index in [1.54, 1.807) is 0 Å². The standard InChI is InChI=1S/C14H18FNO3/c1-18-14(17)12-7-11(15)4-5-13(12)19-9-10-3-2-6-16-8-10/h4-5,7,10,16H,2-3,6,8-9H2,1H3/t10-/m0/s1. The third kappa shape index (κ3) is 3.67. The number of piperidine rings is 1. The molecule has 1 heterocycles. The molecule has 0 radical (unpaired) electrons. The number of ether oxygens (including phenoxy) is 2. The van der Waals surface area contributed by atoms with Crippen molar-refractivity contribution in [3.05, 3.63) is 29.6 Å². The summed E-state index contributed by atoms with van der Waals surface area (Å²) in [5.41, 5.74) is 0.131. The number of hydrogen-bond acceptors (Lipinski definition) is 4. The summed E-state index contributed by atoms with van der Waals surface area (Å²) < 4.78 is 23.4. The molecule has 1 atom stereocenters. The lowest BCUT2D eigenvalue weighted by Gasteiger charge is -2.23. The van der Waals surface area contributed by atoms with Crippen LogP contribution >= 0.6 is 0 Å². The molecule has 1 aliphatic heterocycles. The van der Waals surface area contributed by atoms with Crippen LogP contribution in [-0.2, 0) is 4.74 Å². The Morgan fingerprint density at radius 1 is 1.53 bits per heavy atom. The minimum Gasteiger partial charge on any atom is -0.492 e. The zero-order valence-electron chi connectivity index (χ0n) is 10.9. The minimum absolute atomic E-state index is 0.131. The van der Waals surface area contributed by atoms with Crippen LogP contribution in [0.3, 0.4) is 0 Å². The summed E-state index contributed by atoms with van der Waals surface area (Å²) in [4.78, 5) is 11.6. The van der Waals surface area contributed by atoms with Crippen molar-refractivity contribution in [2.24, 2.45) is 5.92 Å². The van der Waals surface area contributed by atoms with Crippen molar-refractivity contribution < 1.29 is 18.7 Å². The Morgan fingerprint density at radius 2 is 2.37 bits per heavy atom. The number of carbonyl (C=O) groups is 1. The van der Waals surface area contributed by atoms with Gasteiger partial charge < -0.3 is 14.8 Å². The van der Waals surface area contributed by atoms with Gasteiger partial charge in [0.25, 0.3) is 0 Å². The fraction of sp³-hybridized carbons (Fsp3) is 0.500.